The number of aryl methyl sites for hydroxylation is 2. The Labute approximate surface area is 149 Å². The van der Waals surface area contributed by atoms with E-state index < -0.39 is 0 Å². The molecule has 3 aromatic rings. The van der Waals surface area contributed by atoms with E-state index in [-0.39, 0.29) is 0 Å². The van der Waals surface area contributed by atoms with Gasteiger partial charge in [0, 0.05) is 29.5 Å². The fourth-order valence-electron chi connectivity index (χ4n) is 2.13. The predicted molar refractivity (Wildman–Crippen MR) is 98.7 cm³/mol. The summed E-state index contributed by atoms with van der Waals surface area (Å²) >= 11 is 3.47. The molecule has 7 heteroatoms. The third kappa shape index (κ3) is 3.91. The van der Waals surface area contributed by atoms with E-state index >= 15 is 0 Å². The van der Waals surface area contributed by atoms with Gasteiger partial charge in [-0.2, -0.15) is 10.1 Å². The molecule has 0 fully saturated rings. The van der Waals surface area contributed by atoms with Gasteiger partial charge in [0.2, 0.25) is 5.95 Å². The van der Waals surface area contributed by atoms with Crippen molar-refractivity contribution < 1.29 is 0 Å². The molecule has 2 radical (unpaired) electrons. The molecule has 1 aromatic carbocycles. The van der Waals surface area contributed by atoms with Crippen molar-refractivity contribution in [3.8, 4) is 0 Å². The lowest BCUT2D eigenvalue weighted by Gasteiger charge is -2.16. The Hall–Kier alpha value is -2.41. The molecule has 0 aliphatic carbocycles. The summed E-state index contributed by atoms with van der Waals surface area (Å²) in [6.45, 7) is 6.04. The molecule has 6 nitrogen and oxygen atoms in total. The molecule has 0 amide bonds. The van der Waals surface area contributed by atoms with Crippen molar-refractivity contribution in [2.24, 2.45) is 7.05 Å². The molecule has 2 heterocycles. The smallest absolute Gasteiger partial charge is 0.229 e. The third-order valence-electron chi connectivity index (χ3n) is 3.38. The van der Waals surface area contributed by atoms with Gasteiger partial charge in [-0.1, -0.05) is 28.1 Å². The fraction of sp³-hybridized carbons (Fsp3) is 0.118. The third-order valence-corrected chi connectivity index (χ3v) is 3.87. The van der Waals surface area contributed by atoms with Crippen molar-refractivity contribution in [1.82, 2.24) is 19.7 Å². The Bertz CT molecular complexity index is 845. The molecule has 0 spiro atoms. The summed E-state index contributed by atoms with van der Waals surface area (Å²) in [7, 11) is 1.86. The Morgan fingerprint density at radius 3 is 2.83 bits per heavy atom. The minimum absolute atomic E-state index is 0.498. The van der Waals surface area contributed by atoms with Gasteiger partial charge in [-0.15, -0.1) is 0 Å². The molecular formula is C17H17BrN6. The average Bonchev–Trinajstić information content (AvgIpc) is 2.95. The topological polar surface area (TPSA) is 67.7 Å². The quantitative estimate of drug-likeness (QED) is 0.698. The van der Waals surface area contributed by atoms with Crippen molar-refractivity contribution in [2.75, 3.05) is 10.6 Å². The van der Waals surface area contributed by atoms with Gasteiger partial charge in [-0.05, 0) is 31.5 Å². The monoisotopic (exact) mass is 384 g/mol. The summed E-state index contributed by atoms with van der Waals surface area (Å²) in [5.74, 6) is 1.21. The number of anilines is 3. The minimum atomic E-state index is 0.498. The van der Waals surface area contributed by atoms with E-state index in [1.165, 1.54) is 0 Å². The van der Waals surface area contributed by atoms with Gasteiger partial charge in [0.05, 0.1) is 17.9 Å². The largest absolute Gasteiger partial charge is 0.357 e. The lowest BCUT2D eigenvalue weighted by atomic mass is 10.1. The first kappa shape index (κ1) is 16.4. The van der Waals surface area contributed by atoms with Gasteiger partial charge in [-0.3, -0.25) is 4.68 Å². The molecule has 3 rings (SSSR count). The second kappa shape index (κ2) is 7.00. The average molecular weight is 385 g/mol. The van der Waals surface area contributed by atoms with Crippen molar-refractivity contribution in [1.29, 1.82) is 0 Å². The highest BCUT2D eigenvalue weighted by atomic mass is 79.9. The summed E-state index contributed by atoms with van der Waals surface area (Å²) in [6, 6.07) is 8.70. The van der Waals surface area contributed by atoms with Crippen LogP contribution in [0.4, 0.5) is 17.5 Å². The molecule has 0 atom stereocenters. The van der Waals surface area contributed by atoms with Gasteiger partial charge < -0.3 is 10.6 Å². The molecule has 0 aliphatic rings. The van der Waals surface area contributed by atoms with Crippen LogP contribution in [-0.2, 0) is 7.05 Å². The first-order valence-corrected chi connectivity index (χ1v) is 8.12. The molecule has 0 bridgehead atoms. The van der Waals surface area contributed by atoms with E-state index in [2.05, 4.69) is 48.6 Å². The number of hydrogen-bond acceptors (Lipinski definition) is 5. The van der Waals surface area contributed by atoms with Crippen LogP contribution in [0.1, 0.15) is 11.1 Å². The maximum Gasteiger partial charge on any atom is 0.229 e. The summed E-state index contributed by atoms with van der Waals surface area (Å²) < 4.78 is 2.71. The summed E-state index contributed by atoms with van der Waals surface area (Å²) in [5.41, 5.74) is 2.75. The molecule has 0 aliphatic heterocycles. The van der Waals surface area contributed by atoms with E-state index in [1.807, 2.05) is 44.4 Å². The lowest BCUT2D eigenvalue weighted by Crippen LogP contribution is -2.11. The van der Waals surface area contributed by atoms with Gasteiger partial charge in [0.1, 0.15) is 5.82 Å². The number of benzene rings is 1. The van der Waals surface area contributed by atoms with E-state index in [1.54, 1.807) is 17.1 Å². The maximum absolute atomic E-state index is 4.52. The second-order valence-electron chi connectivity index (χ2n) is 5.37. The predicted octanol–water partition coefficient (Wildman–Crippen LogP) is 3.85. The molecule has 0 unspecified atom stereocenters. The van der Waals surface area contributed by atoms with Crippen LogP contribution in [0.5, 0.6) is 0 Å². The minimum Gasteiger partial charge on any atom is -0.357 e. The number of aromatic nitrogens is 4. The van der Waals surface area contributed by atoms with Crippen molar-refractivity contribution in [2.45, 2.75) is 6.92 Å². The molecule has 2 N–H and O–H groups in total. The molecular weight excluding hydrogens is 368 g/mol. The van der Waals surface area contributed by atoms with Gasteiger partial charge in [-0.25, -0.2) is 4.98 Å². The lowest BCUT2D eigenvalue weighted by molar-refractivity contribution is 0.768. The van der Waals surface area contributed by atoms with Crippen LogP contribution in [0.25, 0.3) is 0 Å². The standard InChI is InChI=1S/C17H17BrN6/c1-11-8-19-17(22-15-9-20-24(3)10-15)23-16(11)21-12(2)13-5-4-6-14(18)7-13/h4-10H,2H2,1,3H3,(H2,19,21,22,23). The summed E-state index contributed by atoms with van der Waals surface area (Å²) in [5, 5.41) is 10.5. The molecule has 122 valence electrons. The first-order valence-electron chi connectivity index (χ1n) is 7.32. The summed E-state index contributed by atoms with van der Waals surface area (Å²) in [6.07, 6.45) is 5.34. The van der Waals surface area contributed by atoms with Crippen LogP contribution in [0.3, 0.4) is 0 Å². The number of nitrogens with one attached hydrogen (secondary N) is 2. The zero-order chi connectivity index (χ0) is 17.1. The van der Waals surface area contributed by atoms with Gasteiger partial charge in [0.25, 0.3) is 0 Å². The van der Waals surface area contributed by atoms with Crippen LogP contribution in [0, 0.1) is 19.9 Å². The Kier molecular flexibility index (Phi) is 4.80. The van der Waals surface area contributed by atoms with E-state index in [4.69, 9.17) is 0 Å². The van der Waals surface area contributed by atoms with Gasteiger partial charge >= 0.3 is 0 Å². The zero-order valence-electron chi connectivity index (χ0n) is 13.4. The number of hydrogen-bond donors (Lipinski definition) is 2. The number of nitrogens with zero attached hydrogens (tertiary/aromatic N) is 4. The van der Waals surface area contributed by atoms with Crippen LogP contribution < -0.4 is 10.6 Å². The normalized spacial score (nSPS) is 10.9. The first-order chi connectivity index (χ1) is 11.5. The SMILES string of the molecule is [CH2][C](Nc1nc(Nc2cnn(C)c2)ncc1C)c1cccc(Br)c1. The summed E-state index contributed by atoms with van der Waals surface area (Å²) in [4.78, 5) is 8.82. The van der Waals surface area contributed by atoms with E-state index in [0.717, 1.165) is 27.3 Å². The second-order valence-corrected chi connectivity index (χ2v) is 6.28. The van der Waals surface area contributed by atoms with Crippen LogP contribution in [0.15, 0.2) is 47.3 Å². The van der Waals surface area contributed by atoms with Crippen molar-refractivity contribution in [3.63, 3.8) is 0 Å². The fourth-order valence-corrected chi connectivity index (χ4v) is 2.53. The zero-order valence-corrected chi connectivity index (χ0v) is 15.0. The van der Waals surface area contributed by atoms with Gasteiger partial charge in [0.15, 0.2) is 0 Å². The van der Waals surface area contributed by atoms with Crippen LogP contribution in [0.2, 0.25) is 0 Å². The molecule has 0 saturated heterocycles. The maximum atomic E-state index is 4.52. The number of rotatable bonds is 5. The van der Waals surface area contributed by atoms with E-state index in [0.29, 0.717) is 11.8 Å². The number of halogens is 1. The molecule has 24 heavy (non-hydrogen) atoms. The van der Waals surface area contributed by atoms with Crippen LogP contribution in [-0.4, -0.2) is 19.7 Å². The molecule has 0 saturated carbocycles. The Morgan fingerprint density at radius 2 is 2.12 bits per heavy atom. The highest BCUT2D eigenvalue weighted by Gasteiger charge is 2.11. The van der Waals surface area contributed by atoms with Crippen LogP contribution >= 0.6 is 15.9 Å². The Morgan fingerprint density at radius 1 is 1.29 bits per heavy atom. The van der Waals surface area contributed by atoms with E-state index in [9.17, 15) is 0 Å². The highest BCUT2D eigenvalue weighted by Crippen LogP contribution is 2.23. The molecule has 2 aromatic heterocycles. The Balaban J connectivity index is 1.78. The highest BCUT2D eigenvalue weighted by molar-refractivity contribution is 9.10. The van der Waals surface area contributed by atoms with Crippen molar-refractivity contribution >= 4 is 33.4 Å². The van der Waals surface area contributed by atoms with Crippen molar-refractivity contribution in [3.05, 3.63) is 71.4 Å².